The van der Waals surface area contributed by atoms with Gasteiger partial charge in [-0.05, 0) is 41.1 Å². The summed E-state index contributed by atoms with van der Waals surface area (Å²) < 4.78 is 18.9. The molecule has 0 spiro atoms. The molecule has 1 atom stereocenters. The van der Waals surface area contributed by atoms with E-state index in [1.54, 1.807) is 12.0 Å². The lowest BCUT2D eigenvalue weighted by Gasteiger charge is -2.17. The first-order valence-electron chi connectivity index (χ1n) is 5.49. The van der Waals surface area contributed by atoms with Gasteiger partial charge in [0.05, 0.1) is 16.7 Å². The van der Waals surface area contributed by atoms with Crippen LogP contribution in [-0.4, -0.2) is 37.1 Å². The zero-order chi connectivity index (χ0) is 13.3. The van der Waals surface area contributed by atoms with Gasteiger partial charge in [-0.2, -0.15) is 0 Å². The zero-order valence-electron chi connectivity index (χ0n) is 9.75. The van der Waals surface area contributed by atoms with Crippen molar-refractivity contribution in [1.82, 2.24) is 4.90 Å². The fraction of sp³-hybridized carbons (Fsp3) is 0.417. The molecular formula is C12H12ClFINO2. The Balaban J connectivity index is 2.22. The van der Waals surface area contributed by atoms with E-state index in [0.717, 1.165) is 6.42 Å². The van der Waals surface area contributed by atoms with Crippen LogP contribution in [0.2, 0.25) is 5.02 Å². The maximum absolute atomic E-state index is 13.3. The minimum atomic E-state index is -0.409. The second-order valence-corrected chi connectivity index (χ2v) is 5.71. The first kappa shape index (κ1) is 14.0. The minimum Gasteiger partial charge on any atom is -0.380 e. The molecule has 0 aromatic heterocycles. The molecule has 0 N–H and O–H groups in total. The number of benzene rings is 1. The molecule has 0 aliphatic carbocycles. The molecule has 1 saturated heterocycles. The van der Waals surface area contributed by atoms with Crippen LogP contribution < -0.4 is 0 Å². The van der Waals surface area contributed by atoms with Crippen LogP contribution in [0.3, 0.4) is 0 Å². The molecular weight excluding hydrogens is 371 g/mol. The van der Waals surface area contributed by atoms with E-state index in [1.807, 2.05) is 22.6 Å². The average molecular weight is 384 g/mol. The Bertz CT molecular complexity index is 483. The van der Waals surface area contributed by atoms with Crippen molar-refractivity contribution in [3.8, 4) is 0 Å². The van der Waals surface area contributed by atoms with Crippen molar-refractivity contribution in [2.24, 2.45) is 0 Å². The van der Waals surface area contributed by atoms with E-state index in [0.29, 0.717) is 22.2 Å². The summed E-state index contributed by atoms with van der Waals surface area (Å²) in [5.74, 6) is -0.578. The third-order valence-electron chi connectivity index (χ3n) is 3.01. The van der Waals surface area contributed by atoms with Crippen LogP contribution in [0, 0.1) is 9.39 Å². The Hall–Kier alpha value is -0.400. The van der Waals surface area contributed by atoms with E-state index in [1.165, 1.54) is 12.1 Å². The van der Waals surface area contributed by atoms with Crippen molar-refractivity contribution in [3.63, 3.8) is 0 Å². The maximum Gasteiger partial charge on any atom is 0.255 e. The number of carbonyl (C=O) groups is 1. The second kappa shape index (κ2) is 5.71. The molecule has 1 aromatic rings. The molecule has 1 aliphatic heterocycles. The highest BCUT2D eigenvalue weighted by Crippen LogP contribution is 2.25. The van der Waals surface area contributed by atoms with Crippen molar-refractivity contribution in [2.45, 2.75) is 12.5 Å². The Morgan fingerprint density at radius 1 is 1.61 bits per heavy atom. The first-order valence-corrected chi connectivity index (χ1v) is 6.95. The zero-order valence-corrected chi connectivity index (χ0v) is 12.7. The normalized spacial score (nSPS) is 19.3. The summed E-state index contributed by atoms with van der Waals surface area (Å²) in [6.45, 7) is 1.20. The van der Waals surface area contributed by atoms with Crippen molar-refractivity contribution in [2.75, 3.05) is 20.2 Å². The second-order valence-electron chi connectivity index (χ2n) is 4.14. The summed E-state index contributed by atoms with van der Waals surface area (Å²) in [5, 5.41) is 0.152. The highest BCUT2D eigenvalue weighted by atomic mass is 127. The molecule has 0 bridgehead atoms. The summed E-state index contributed by atoms with van der Waals surface area (Å²) in [6.07, 6.45) is 0.894. The monoisotopic (exact) mass is 383 g/mol. The molecule has 18 heavy (non-hydrogen) atoms. The molecule has 1 heterocycles. The molecule has 1 amide bonds. The Morgan fingerprint density at radius 3 is 2.94 bits per heavy atom. The van der Waals surface area contributed by atoms with Crippen molar-refractivity contribution in [1.29, 1.82) is 0 Å². The smallest absolute Gasteiger partial charge is 0.255 e. The fourth-order valence-electron chi connectivity index (χ4n) is 1.96. The van der Waals surface area contributed by atoms with Crippen LogP contribution in [0.1, 0.15) is 16.8 Å². The summed E-state index contributed by atoms with van der Waals surface area (Å²) in [7, 11) is 1.63. The molecule has 98 valence electrons. The predicted molar refractivity (Wildman–Crippen MR) is 75.4 cm³/mol. The largest absolute Gasteiger partial charge is 0.380 e. The number of hydrogen-bond acceptors (Lipinski definition) is 2. The number of amides is 1. The Labute approximate surface area is 123 Å². The maximum atomic E-state index is 13.3. The van der Waals surface area contributed by atoms with Crippen LogP contribution in [0.25, 0.3) is 0 Å². The lowest BCUT2D eigenvalue weighted by molar-refractivity contribution is 0.0724. The third kappa shape index (κ3) is 2.78. The van der Waals surface area contributed by atoms with E-state index >= 15 is 0 Å². The van der Waals surface area contributed by atoms with Gasteiger partial charge in [0, 0.05) is 23.8 Å². The standard InChI is InChI=1S/C12H12ClFINO2/c1-18-7-2-3-16(6-7)12(17)8-4-11(15)10(14)5-9(8)13/h4-5,7H,2-3,6H2,1H3/t7-/m0/s1. The number of likely N-dealkylation sites (tertiary alicyclic amines) is 1. The topological polar surface area (TPSA) is 29.5 Å². The number of methoxy groups -OCH3 is 1. The van der Waals surface area contributed by atoms with Crippen LogP contribution in [0.4, 0.5) is 4.39 Å². The summed E-state index contributed by atoms with van der Waals surface area (Å²) in [6, 6.07) is 2.67. The van der Waals surface area contributed by atoms with Gasteiger partial charge in [0.1, 0.15) is 5.82 Å². The third-order valence-corrected chi connectivity index (χ3v) is 4.15. The SMILES string of the molecule is CO[C@H]1CCN(C(=O)c2cc(I)c(F)cc2Cl)C1. The van der Waals surface area contributed by atoms with Crippen LogP contribution in [-0.2, 0) is 4.74 Å². The molecule has 6 heteroatoms. The Kier molecular flexibility index (Phi) is 4.45. The molecule has 1 aromatic carbocycles. The molecule has 0 saturated carbocycles. The Morgan fingerprint density at radius 2 is 2.33 bits per heavy atom. The first-order chi connectivity index (χ1) is 8.52. The lowest BCUT2D eigenvalue weighted by Crippen LogP contribution is -2.30. The van der Waals surface area contributed by atoms with E-state index in [-0.39, 0.29) is 17.0 Å². The summed E-state index contributed by atoms with van der Waals surface area (Å²) >= 11 is 7.77. The van der Waals surface area contributed by atoms with Gasteiger partial charge in [-0.25, -0.2) is 4.39 Å². The van der Waals surface area contributed by atoms with Gasteiger partial charge in [0.15, 0.2) is 0 Å². The van der Waals surface area contributed by atoms with Crippen LogP contribution >= 0.6 is 34.2 Å². The number of carbonyl (C=O) groups excluding carboxylic acids is 1. The molecule has 0 radical (unpaired) electrons. The van der Waals surface area contributed by atoms with Gasteiger partial charge >= 0.3 is 0 Å². The van der Waals surface area contributed by atoms with Gasteiger partial charge in [0.25, 0.3) is 5.91 Å². The van der Waals surface area contributed by atoms with E-state index < -0.39 is 5.82 Å². The molecule has 1 aliphatic rings. The number of halogens is 3. The molecule has 3 nitrogen and oxygen atoms in total. The minimum absolute atomic E-state index is 0.0762. The summed E-state index contributed by atoms with van der Waals surface area (Å²) in [4.78, 5) is 13.9. The fourth-order valence-corrected chi connectivity index (χ4v) is 2.66. The van der Waals surface area contributed by atoms with E-state index in [4.69, 9.17) is 16.3 Å². The van der Waals surface area contributed by atoms with Crippen molar-refractivity contribution in [3.05, 3.63) is 32.1 Å². The lowest BCUT2D eigenvalue weighted by atomic mass is 10.2. The van der Waals surface area contributed by atoms with E-state index in [2.05, 4.69) is 0 Å². The number of nitrogens with zero attached hydrogens (tertiary/aromatic N) is 1. The van der Waals surface area contributed by atoms with Crippen LogP contribution in [0.5, 0.6) is 0 Å². The van der Waals surface area contributed by atoms with Gasteiger partial charge in [-0.3, -0.25) is 4.79 Å². The number of ether oxygens (including phenoxy) is 1. The highest BCUT2D eigenvalue weighted by Gasteiger charge is 2.28. The van der Waals surface area contributed by atoms with Crippen molar-refractivity contribution < 1.29 is 13.9 Å². The van der Waals surface area contributed by atoms with Crippen molar-refractivity contribution >= 4 is 40.1 Å². The van der Waals surface area contributed by atoms with Gasteiger partial charge in [-0.1, -0.05) is 11.6 Å². The van der Waals surface area contributed by atoms with Gasteiger partial charge in [-0.15, -0.1) is 0 Å². The van der Waals surface area contributed by atoms with Gasteiger partial charge < -0.3 is 9.64 Å². The van der Waals surface area contributed by atoms with E-state index in [9.17, 15) is 9.18 Å². The average Bonchev–Trinajstić information content (AvgIpc) is 2.81. The van der Waals surface area contributed by atoms with Crippen LogP contribution in [0.15, 0.2) is 12.1 Å². The number of hydrogen-bond donors (Lipinski definition) is 0. The molecule has 2 rings (SSSR count). The molecule has 0 unspecified atom stereocenters. The quantitative estimate of drug-likeness (QED) is 0.580. The highest BCUT2D eigenvalue weighted by molar-refractivity contribution is 14.1. The number of rotatable bonds is 2. The summed E-state index contributed by atoms with van der Waals surface area (Å²) in [5.41, 5.74) is 0.346. The predicted octanol–water partition coefficient (Wildman–Crippen LogP) is 2.94. The van der Waals surface area contributed by atoms with Gasteiger partial charge in [0.2, 0.25) is 0 Å². The molecule has 1 fully saturated rings.